The summed E-state index contributed by atoms with van der Waals surface area (Å²) < 4.78 is 5.82. The zero-order chi connectivity index (χ0) is 17.8. The van der Waals surface area contributed by atoms with Crippen molar-refractivity contribution >= 4 is 22.5 Å². The molecule has 132 valence electrons. The van der Waals surface area contributed by atoms with Gasteiger partial charge in [-0.1, -0.05) is 60.7 Å². The molecule has 3 aromatic rings. The Kier molecular flexibility index (Phi) is 4.95. The summed E-state index contributed by atoms with van der Waals surface area (Å²) in [6, 6.07) is 19.8. The number of thiazole rings is 1. The molecule has 26 heavy (non-hydrogen) atoms. The summed E-state index contributed by atoms with van der Waals surface area (Å²) in [6.45, 7) is 1.64. The number of aromatic nitrogens is 1. The minimum atomic E-state index is -0.136. The molecule has 0 spiro atoms. The van der Waals surface area contributed by atoms with Crippen LogP contribution in [0.4, 0.5) is 9.93 Å². The van der Waals surface area contributed by atoms with Crippen LogP contribution in [0.15, 0.2) is 66.0 Å². The highest BCUT2D eigenvalue weighted by Crippen LogP contribution is 2.26. The number of anilines is 1. The third-order valence-electron chi connectivity index (χ3n) is 4.31. The summed E-state index contributed by atoms with van der Waals surface area (Å²) in [5.41, 5.74) is 3.00. The Morgan fingerprint density at radius 1 is 1.12 bits per heavy atom. The summed E-state index contributed by atoms with van der Waals surface area (Å²) in [5, 5.41) is 5.48. The fraction of sp³-hybridized carbons (Fsp3) is 0.200. The predicted octanol–water partition coefficient (Wildman–Crippen LogP) is 4.42. The van der Waals surface area contributed by atoms with Gasteiger partial charge in [-0.05, 0) is 5.56 Å². The van der Waals surface area contributed by atoms with Gasteiger partial charge in [-0.3, -0.25) is 5.32 Å². The van der Waals surface area contributed by atoms with Crippen molar-refractivity contribution in [3.63, 3.8) is 0 Å². The van der Waals surface area contributed by atoms with Crippen molar-refractivity contribution in [1.29, 1.82) is 0 Å². The van der Waals surface area contributed by atoms with E-state index >= 15 is 0 Å². The summed E-state index contributed by atoms with van der Waals surface area (Å²) in [5.74, 6) is 0. The molecule has 2 amide bonds. The van der Waals surface area contributed by atoms with E-state index < -0.39 is 0 Å². The van der Waals surface area contributed by atoms with Gasteiger partial charge in [0.25, 0.3) is 0 Å². The maximum Gasteiger partial charge on any atom is 0.323 e. The summed E-state index contributed by atoms with van der Waals surface area (Å²) in [6.07, 6.45) is -0.0909. The van der Waals surface area contributed by atoms with Gasteiger partial charge in [0.1, 0.15) is 6.10 Å². The highest BCUT2D eigenvalue weighted by atomic mass is 32.1. The maximum absolute atomic E-state index is 12.6. The molecule has 1 aliphatic rings. The average molecular weight is 365 g/mol. The van der Waals surface area contributed by atoms with Crippen LogP contribution in [0.25, 0.3) is 11.3 Å². The van der Waals surface area contributed by atoms with E-state index in [4.69, 9.17) is 4.74 Å². The molecule has 1 saturated heterocycles. The maximum atomic E-state index is 12.6. The quantitative estimate of drug-likeness (QED) is 0.748. The van der Waals surface area contributed by atoms with Gasteiger partial charge in [0.05, 0.1) is 18.8 Å². The van der Waals surface area contributed by atoms with E-state index in [9.17, 15) is 4.79 Å². The molecule has 1 aliphatic heterocycles. The Labute approximate surface area is 156 Å². The number of nitrogens with one attached hydrogen (secondary N) is 1. The lowest BCUT2D eigenvalue weighted by Crippen LogP contribution is -2.44. The molecule has 0 aliphatic carbocycles. The lowest BCUT2D eigenvalue weighted by atomic mass is 10.1. The van der Waals surface area contributed by atoms with Gasteiger partial charge in [-0.15, -0.1) is 11.3 Å². The standard InChI is InChI=1S/C20H19N3O2S/c24-20(22-19-21-17(14-26-19)15-7-3-1-4-8-15)23-11-12-25-18(13-23)16-9-5-2-6-10-16/h1-10,14,18H,11-13H2,(H,21,22,24). The third kappa shape index (κ3) is 3.76. The van der Waals surface area contributed by atoms with E-state index in [1.54, 1.807) is 4.90 Å². The zero-order valence-electron chi connectivity index (χ0n) is 14.2. The van der Waals surface area contributed by atoms with Crippen molar-refractivity contribution in [2.75, 3.05) is 25.0 Å². The van der Waals surface area contributed by atoms with E-state index in [2.05, 4.69) is 10.3 Å². The first-order valence-electron chi connectivity index (χ1n) is 8.53. The van der Waals surface area contributed by atoms with Crippen LogP contribution in [-0.4, -0.2) is 35.6 Å². The number of ether oxygens (including phenoxy) is 1. The molecule has 0 bridgehead atoms. The Hall–Kier alpha value is -2.70. The van der Waals surface area contributed by atoms with Crippen molar-refractivity contribution in [2.24, 2.45) is 0 Å². The average Bonchev–Trinajstić information content (AvgIpc) is 3.18. The number of carbonyl (C=O) groups is 1. The number of hydrogen-bond acceptors (Lipinski definition) is 4. The van der Waals surface area contributed by atoms with Gasteiger partial charge in [0.2, 0.25) is 0 Å². The van der Waals surface area contributed by atoms with Crippen LogP contribution in [0.5, 0.6) is 0 Å². The number of nitrogens with zero attached hydrogens (tertiary/aromatic N) is 2. The second kappa shape index (κ2) is 7.68. The molecule has 2 heterocycles. The third-order valence-corrected chi connectivity index (χ3v) is 5.07. The van der Waals surface area contributed by atoms with Crippen LogP contribution in [0, 0.1) is 0 Å². The highest BCUT2D eigenvalue weighted by molar-refractivity contribution is 7.14. The minimum Gasteiger partial charge on any atom is -0.370 e. The van der Waals surface area contributed by atoms with Gasteiger partial charge >= 0.3 is 6.03 Å². The Morgan fingerprint density at radius 3 is 2.62 bits per heavy atom. The molecule has 1 N–H and O–H groups in total. The van der Waals surface area contributed by atoms with Gasteiger partial charge in [-0.25, -0.2) is 9.78 Å². The first-order valence-corrected chi connectivity index (χ1v) is 9.41. The molecule has 1 unspecified atom stereocenters. The van der Waals surface area contributed by atoms with E-state index in [1.165, 1.54) is 11.3 Å². The van der Waals surface area contributed by atoms with Gasteiger partial charge < -0.3 is 9.64 Å². The SMILES string of the molecule is O=C(Nc1nc(-c2ccccc2)cs1)N1CCOC(c2ccccc2)C1. The first kappa shape index (κ1) is 16.8. The van der Waals surface area contributed by atoms with Gasteiger partial charge in [-0.2, -0.15) is 0 Å². The lowest BCUT2D eigenvalue weighted by molar-refractivity contribution is -0.0135. The van der Waals surface area contributed by atoms with Gasteiger partial charge in [0.15, 0.2) is 5.13 Å². The largest absolute Gasteiger partial charge is 0.370 e. The van der Waals surface area contributed by atoms with E-state index in [0.29, 0.717) is 24.8 Å². The summed E-state index contributed by atoms with van der Waals surface area (Å²) in [4.78, 5) is 18.9. The first-order chi connectivity index (χ1) is 12.8. The fourth-order valence-electron chi connectivity index (χ4n) is 2.95. The Bertz CT molecular complexity index is 867. The van der Waals surface area contributed by atoms with Crippen molar-refractivity contribution in [3.8, 4) is 11.3 Å². The number of urea groups is 1. The second-order valence-corrected chi connectivity index (χ2v) is 6.91. The normalized spacial score (nSPS) is 17.1. The lowest BCUT2D eigenvalue weighted by Gasteiger charge is -2.32. The Morgan fingerprint density at radius 2 is 1.85 bits per heavy atom. The topological polar surface area (TPSA) is 54.5 Å². The van der Waals surface area contributed by atoms with Crippen molar-refractivity contribution in [2.45, 2.75) is 6.10 Å². The van der Waals surface area contributed by atoms with Gasteiger partial charge in [0, 0.05) is 17.5 Å². The molecule has 4 rings (SSSR count). The smallest absolute Gasteiger partial charge is 0.323 e. The fourth-order valence-corrected chi connectivity index (χ4v) is 3.66. The van der Waals surface area contributed by atoms with Crippen molar-refractivity contribution in [3.05, 3.63) is 71.6 Å². The number of benzene rings is 2. The van der Waals surface area contributed by atoms with Crippen LogP contribution in [-0.2, 0) is 4.74 Å². The molecule has 0 radical (unpaired) electrons. The van der Waals surface area contributed by atoms with Crippen LogP contribution < -0.4 is 5.32 Å². The number of morpholine rings is 1. The molecule has 6 heteroatoms. The van der Waals surface area contributed by atoms with E-state index in [1.807, 2.05) is 66.0 Å². The zero-order valence-corrected chi connectivity index (χ0v) is 15.0. The number of hydrogen-bond donors (Lipinski definition) is 1. The molecule has 1 aromatic heterocycles. The van der Waals surface area contributed by atoms with Crippen LogP contribution >= 0.6 is 11.3 Å². The van der Waals surface area contributed by atoms with E-state index in [0.717, 1.165) is 16.8 Å². The molecule has 0 saturated carbocycles. The predicted molar refractivity (Wildman–Crippen MR) is 103 cm³/mol. The molecule has 5 nitrogen and oxygen atoms in total. The Balaban J connectivity index is 1.41. The van der Waals surface area contributed by atoms with Crippen LogP contribution in [0.3, 0.4) is 0 Å². The minimum absolute atomic E-state index is 0.0909. The molecule has 2 aromatic carbocycles. The number of amides is 2. The van der Waals surface area contributed by atoms with Crippen molar-refractivity contribution in [1.82, 2.24) is 9.88 Å². The summed E-state index contributed by atoms with van der Waals surface area (Å²) >= 11 is 1.43. The molecular weight excluding hydrogens is 346 g/mol. The summed E-state index contributed by atoms with van der Waals surface area (Å²) in [7, 11) is 0. The van der Waals surface area contributed by atoms with E-state index in [-0.39, 0.29) is 12.1 Å². The molecular formula is C20H19N3O2S. The second-order valence-electron chi connectivity index (χ2n) is 6.05. The molecule has 1 atom stereocenters. The van der Waals surface area contributed by atoms with Crippen LogP contribution in [0.1, 0.15) is 11.7 Å². The number of rotatable bonds is 3. The number of carbonyl (C=O) groups excluding carboxylic acids is 1. The monoisotopic (exact) mass is 365 g/mol. The van der Waals surface area contributed by atoms with Crippen LogP contribution in [0.2, 0.25) is 0 Å². The molecule has 1 fully saturated rings. The highest BCUT2D eigenvalue weighted by Gasteiger charge is 2.25. The van der Waals surface area contributed by atoms with Crippen molar-refractivity contribution < 1.29 is 9.53 Å².